The van der Waals surface area contributed by atoms with E-state index in [2.05, 4.69) is 15.0 Å². The summed E-state index contributed by atoms with van der Waals surface area (Å²) in [6, 6.07) is 10.2. The summed E-state index contributed by atoms with van der Waals surface area (Å²) < 4.78 is 5.61. The van der Waals surface area contributed by atoms with Crippen molar-refractivity contribution in [3.63, 3.8) is 0 Å². The molecular weight excluding hydrogens is 430 g/mol. The van der Waals surface area contributed by atoms with E-state index in [1.54, 1.807) is 30.3 Å². The molecule has 8 nitrogen and oxygen atoms in total. The number of pyridine rings is 2. The summed E-state index contributed by atoms with van der Waals surface area (Å²) in [5.41, 5.74) is 0.246. The summed E-state index contributed by atoms with van der Waals surface area (Å²) in [6.07, 6.45) is 3.37. The average molecular weight is 448 g/mol. The molecule has 2 aromatic heterocycles. The highest BCUT2D eigenvalue weighted by atomic mass is 35.5. The normalized spacial score (nSPS) is 10.8. The first-order valence-electron chi connectivity index (χ1n) is 8.80. The van der Waals surface area contributed by atoms with Gasteiger partial charge in [0, 0.05) is 28.0 Å². The van der Waals surface area contributed by atoms with Crippen molar-refractivity contribution in [1.82, 2.24) is 14.9 Å². The van der Waals surface area contributed by atoms with Crippen LogP contribution in [0.3, 0.4) is 0 Å². The first-order chi connectivity index (χ1) is 14.4. The summed E-state index contributed by atoms with van der Waals surface area (Å²) >= 11 is 7.28. The van der Waals surface area contributed by atoms with E-state index in [0.717, 1.165) is 15.0 Å². The molecule has 0 saturated heterocycles. The van der Waals surface area contributed by atoms with Crippen LogP contribution in [0.1, 0.15) is 15.9 Å². The number of aromatic nitrogens is 2. The molecule has 2 heterocycles. The lowest BCUT2D eigenvalue weighted by Crippen LogP contribution is -2.35. The number of amides is 1. The minimum Gasteiger partial charge on any atom is -0.437 e. The Balaban J connectivity index is 2.01. The van der Waals surface area contributed by atoms with Crippen LogP contribution in [0.4, 0.5) is 0 Å². The van der Waals surface area contributed by atoms with Gasteiger partial charge in [-0.1, -0.05) is 23.7 Å². The van der Waals surface area contributed by atoms with Crippen molar-refractivity contribution >= 4 is 46.3 Å². The smallest absolute Gasteiger partial charge is 0.328 e. The topological polar surface area (TPSA) is 111 Å². The molecule has 10 heteroatoms. The molecule has 0 bridgehead atoms. The molecule has 2 N–H and O–H groups in total. The van der Waals surface area contributed by atoms with E-state index in [9.17, 15) is 14.4 Å². The number of ether oxygens (including phenoxy) is 1. The number of carbonyl (C=O) groups is 2. The Hall–Kier alpha value is -2.88. The van der Waals surface area contributed by atoms with Crippen LogP contribution in [0.2, 0.25) is 5.02 Å². The van der Waals surface area contributed by atoms with E-state index in [0.29, 0.717) is 10.4 Å². The molecule has 0 radical (unpaired) electrons. The zero-order valence-electron chi connectivity index (χ0n) is 15.9. The summed E-state index contributed by atoms with van der Waals surface area (Å²) in [4.78, 5) is 42.7. The number of esters is 1. The number of aliphatic hydroxyl groups is 1. The Morgan fingerprint density at radius 3 is 2.67 bits per heavy atom. The van der Waals surface area contributed by atoms with E-state index in [-0.39, 0.29) is 17.8 Å². The Morgan fingerprint density at radius 1 is 1.27 bits per heavy atom. The van der Waals surface area contributed by atoms with Crippen LogP contribution in [-0.4, -0.2) is 39.6 Å². The third-order valence-electron chi connectivity index (χ3n) is 4.29. The van der Waals surface area contributed by atoms with E-state index in [1.165, 1.54) is 24.0 Å². The van der Waals surface area contributed by atoms with Crippen LogP contribution in [0, 0.1) is 0 Å². The van der Waals surface area contributed by atoms with Crippen molar-refractivity contribution in [2.45, 2.75) is 18.0 Å². The first kappa shape index (κ1) is 21.8. The quantitative estimate of drug-likeness (QED) is 0.324. The second kappa shape index (κ2) is 9.75. The fourth-order valence-corrected chi connectivity index (χ4v) is 3.55. The minimum atomic E-state index is -0.823. The summed E-state index contributed by atoms with van der Waals surface area (Å²) in [5, 5.41) is 12.6. The van der Waals surface area contributed by atoms with Gasteiger partial charge in [0.1, 0.15) is 17.8 Å². The van der Waals surface area contributed by atoms with E-state index in [4.69, 9.17) is 16.7 Å². The number of thioether (sulfide) groups is 1. The van der Waals surface area contributed by atoms with Gasteiger partial charge in [-0.25, -0.2) is 4.98 Å². The molecular formula is C20H18ClN3O5S. The number of nitrogens with zero attached hydrogens (tertiary/aromatic N) is 2. The van der Waals surface area contributed by atoms with Crippen LogP contribution >= 0.6 is 23.4 Å². The zero-order chi connectivity index (χ0) is 21.7. The van der Waals surface area contributed by atoms with Gasteiger partial charge < -0.3 is 15.2 Å². The third-order valence-corrected chi connectivity index (χ3v) is 5.34. The average Bonchev–Trinajstić information content (AvgIpc) is 2.74. The number of hydrogen-bond donors (Lipinski definition) is 2. The highest BCUT2D eigenvalue weighted by molar-refractivity contribution is 7.98. The molecule has 0 saturated carbocycles. The largest absolute Gasteiger partial charge is 0.437 e. The van der Waals surface area contributed by atoms with Crippen molar-refractivity contribution in [2.75, 3.05) is 13.0 Å². The second-order valence-electron chi connectivity index (χ2n) is 6.15. The van der Waals surface area contributed by atoms with Crippen LogP contribution in [0.15, 0.2) is 52.3 Å². The lowest BCUT2D eigenvalue weighted by Gasteiger charge is -2.13. The van der Waals surface area contributed by atoms with Crippen LogP contribution in [0.5, 0.6) is 0 Å². The van der Waals surface area contributed by atoms with Gasteiger partial charge in [0.2, 0.25) is 0 Å². The molecule has 0 fully saturated rings. The lowest BCUT2D eigenvalue weighted by molar-refractivity contribution is -0.152. The minimum absolute atomic E-state index is 0.128. The second-order valence-corrected chi connectivity index (χ2v) is 7.44. The number of halogens is 1. The van der Waals surface area contributed by atoms with Crippen molar-refractivity contribution in [3.05, 3.63) is 69.1 Å². The molecule has 3 rings (SSSR count). The van der Waals surface area contributed by atoms with Crippen molar-refractivity contribution in [3.8, 4) is 0 Å². The van der Waals surface area contributed by atoms with Gasteiger partial charge in [-0.15, -0.1) is 11.8 Å². The van der Waals surface area contributed by atoms with Crippen molar-refractivity contribution in [2.24, 2.45) is 0 Å². The molecule has 3 aromatic rings. The Labute approximate surface area is 180 Å². The highest BCUT2D eigenvalue weighted by Gasteiger charge is 2.20. The number of hydrogen-bond acceptors (Lipinski definition) is 7. The molecule has 1 aromatic carbocycles. The fraction of sp³-hybridized carbons (Fsp3) is 0.200. The zero-order valence-corrected chi connectivity index (χ0v) is 17.5. The molecule has 0 unspecified atom stereocenters. The maximum atomic E-state index is 13.0. The van der Waals surface area contributed by atoms with E-state index >= 15 is 0 Å². The Kier molecular flexibility index (Phi) is 7.09. The van der Waals surface area contributed by atoms with Crippen LogP contribution in [0.25, 0.3) is 11.0 Å². The summed E-state index contributed by atoms with van der Waals surface area (Å²) in [5.74, 6) is -1.41. The van der Waals surface area contributed by atoms with Gasteiger partial charge in [0.05, 0.1) is 0 Å². The molecule has 0 aliphatic heterocycles. The number of aliphatic hydroxyl groups excluding tert-OH is 1. The maximum absolute atomic E-state index is 13.0. The van der Waals surface area contributed by atoms with Gasteiger partial charge in [-0.3, -0.25) is 19.0 Å². The monoisotopic (exact) mass is 447 g/mol. The standard InChI is InChI=1S/C20H18ClN3O5S/c1-30-16-6-7-22-18-14(16)8-15(20(28)24(18)10-17(26)29-11-25)19(27)23-9-12-2-4-13(21)5-3-12/h2-8,25H,9-11H2,1H3,(H,23,27). The van der Waals surface area contributed by atoms with Gasteiger partial charge in [0.15, 0.2) is 6.79 Å². The van der Waals surface area contributed by atoms with Gasteiger partial charge in [0.25, 0.3) is 11.5 Å². The fourth-order valence-electron chi connectivity index (χ4n) is 2.86. The molecule has 0 aliphatic carbocycles. The first-order valence-corrected chi connectivity index (χ1v) is 10.4. The molecule has 0 spiro atoms. The number of nitrogens with one attached hydrogen (secondary N) is 1. The summed E-state index contributed by atoms with van der Waals surface area (Å²) in [7, 11) is 0. The lowest BCUT2D eigenvalue weighted by atomic mass is 10.1. The molecule has 1 amide bonds. The van der Waals surface area contributed by atoms with Gasteiger partial charge >= 0.3 is 5.97 Å². The highest BCUT2D eigenvalue weighted by Crippen LogP contribution is 2.24. The van der Waals surface area contributed by atoms with Crippen molar-refractivity contribution < 1.29 is 19.4 Å². The molecule has 0 atom stereocenters. The van der Waals surface area contributed by atoms with E-state index < -0.39 is 30.8 Å². The predicted molar refractivity (Wildman–Crippen MR) is 114 cm³/mol. The number of fused-ring (bicyclic) bond motifs is 1. The molecule has 30 heavy (non-hydrogen) atoms. The molecule has 0 aliphatic rings. The van der Waals surface area contributed by atoms with Crippen molar-refractivity contribution in [1.29, 1.82) is 0 Å². The SMILES string of the molecule is CSc1ccnc2c1cc(C(=O)NCc1ccc(Cl)cc1)c(=O)n2CC(=O)OCO. The van der Waals surface area contributed by atoms with E-state index in [1.807, 2.05) is 6.26 Å². The van der Waals surface area contributed by atoms with Gasteiger partial charge in [-0.05, 0) is 36.1 Å². The Morgan fingerprint density at radius 2 is 2.00 bits per heavy atom. The number of rotatable bonds is 7. The summed E-state index contributed by atoms with van der Waals surface area (Å²) in [6.45, 7) is -1.10. The van der Waals surface area contributed by atoms with Crippen LogP contribution < -0.4 is 10.9 Å². The molecule has 156 valence electrons. The number of carbonyl (C=O) groups excluding carboxylic acids is 2. The van der Waals surface area contributed by atoms with Gasteiger partial charge in [-0.2, -0.15) is 0 Å². The third kappa shape index (κ3) is 4.81. The number of benzene rings is 1. The maximum Gasteiger partial charge on any atom is 0.328 e. The predicted octanol–water partition coefficient (Wildman–Crippen LogP) is 2.19. The Bertz CT molecular complexity index is 1150. The van der Waals surface area contributed by atoms with Crippen LogP contribution in [-0.2, 0) is 22.6 Å².